The van der Waals surface area contributed by atoms with Crippen LogP contribution < -0.4 is 14.8 Å². The Hall–Kier alpha value is -2.73. The van der Waals surface area contributed by atoms with E-state index in [0.29, 0.717) is 10.8 Å². The topological polar surface area (TPSA) is 67.9 Å². The van der Waals surface area contributed by atoms with E-state index >= 15 is 0 Å². The maximum atomic E-state index is 12.9. The van der Waals surface area contributed by atoms with E-state index in [0.717, 1.165) is 11.3 Å². The zero-order valence-electron chi connectivity index (χ0n) is 17.1. The van der Waals surface area contributed by atoms with Gasteiger partial charge in [-0.05, 0) is 62.7 Å². The smallest absolute Gasteiger partial charge is 0.261 e. The first kappa shape index (κ1) is 22.6. The number of rotatable bonds is 9. The van der Waals surface area contributed by atoms with E-state index in [2.05, 4.69) is 5.32 Å². The molecular weight excluding hydrogens is 392 g/mol. The molecule has 0 heterocycles. The third kappa shape index (κ3) is 6.98. The number of ether oxygens (including phenoxy) is 2. The van der Waals surface area contributed by atoms with Gasteiger partial charge in [-0.2, -0.15) is 0 Å². The van der Waals surface area contributed by atoms with Crippen molar-refractivity contribution in [2.24, 2.45) is 0 Å². The molecule has 7 heteroatoms. The first-order valence-electron chi connectivity index (χ1n) is 9.41. The molecule has 2 aromatic rings. The molecule has 0 radical (unpaired) electrons. The van der Waals surface area contributed by atoms with Crippen LogP contribution in [0.15, 0.2) is 48.5 Å². The Kier molecular flexibility index (Phi) is 8.34. The summed E-state index contributed by atoms with van der Waals surface area (Å²) < 4.78 is 10.8. The minimum absolute atomic E-state index is 0.0202. The number of methoxy groups -OCH3 is 1. The summed E-state index contributed by atoms with van der Waals surface area (Å²) in [6.45, 7) is 5.56. The molecule has 0 aliphatic heterocycles. The van der Waals surface area contributed by atoms with Gasteiger partial charge < -0.3 is 19.7 Å². The number of hydrogen-bond acceptors (Lipinski definition) is 4. The summed E-state index contributed by atoms with van der Waals surface area (Å²) in [6.07, 6.45) is 0. The van der Waals surface area contributed by atoms with Crippen LogP contribution in [0, 0.1) is 0 Å². The fourth-order valence-electron chi connectivity index (χ4n) is 2.67. The van der Waals surface area contributed by atoms with Gasteiger partial charge in [0.15, 0.2) is 6.61 Å². The van der Waals surface area contributed by atoms with E-state index in [9.17, 15) is 9.59 Å². The van der Waals surface area contributed by atoms with Gasteiger partial charge in [-0.15, -0.1) is 0 Å². The van der Waals surface area contributed by atoms with Crippen LogP contribution in [0.25, 0.3) is 0 Å². The highest BCUT2D eigenvalue weighted by atomic mass is 35.5. The fraction of sp³-hybridized carbons (Fsp3) is 0.364. The van der Waals surface area contributed by atoms with Crippen molar-refractivity contribution in [2.45, 2.75) is 39.4 Å². The van der Waals surface area contributed by atoms with Gasteiger partial charge >= 0.3 is 0 Å². The first-order valence-corrected chi connectivity index (χ1v) is 9.79. The average molecular weight is 419 g/mol. The summed E-state index contributed by atoms with van der Waals surface area (Å²) >= 11 is 5.87. The zero-order valence-corrected chi connectivity index (χ0v) is 17.9. The number of nitrogens with one attached hydrogen (secondary N) is 1. The average Bonchev–Trinajstić information content (AvgIpc) is 2.70. The second kappa shape index (κ2) is 10.7. The third-order valence-electron chi connectivity index (χ3n) is 4.29. The molecule has 2 rings (SSSR count). The van der Waals surface area contributed by atoms with Gasteiger partial charge in [0.05, 0.1) is 7.11 Å². The number of carbonyl (C=O) groups excluding carboxylic acids is 2. The highest BCUT2D eigenvalue weighted by Gasteiger charge is 2.26. The molecule has 0 aromatic heterocycles. The van der Waals surface area contributed by atoms with Crippen LogP contribution in [0.5, 0.6) is 11.5 Å². The van der Waals surface area contributed by atoms with Crippen LogP contribution >= 0.6 is 11.6 Å². The molecule has 2 amide bonds. The monoisotopic (exact) mass is 418 g/mol. The van der Waals surface area contributed by atoms with Crippen molar-refractivity contribution in [3.63, 3.8) is 0 Å². The number of halogens is 1. The van der Waals surface area contributed by atoms with Crippen molar-refractivity contribution in [1.82, 2.24) is 10.2 Å². The maximum Gasteiger partial charge on any atom is 0.261 e. The van der Waals surface area contributed by atoms with Crippen molar-refractivity contribution in [1.29, 1.82) is 0 Å². The van der Waals surface area contributed by atoms with Gasteiger partial charge in [0.1, 0.15) is 17.5 Å². The predicted octanol–water partition coefficient (Wildman–Crippen LogP) is 3.67. The van der Waals surface area contributed by atoms with Gasteiger partial charge in [0, 0.05) is 17.6 Å². The molecule has 156 valence electrons. The molecule has 1 N–H and O–H groups in total. The fourth-order valence-corrected chi connectivity index (χ4v) is 2.80. The van der Waals surface area contributed by atoms with E-state index in [1.54, 1.807) is 38.3 Å². The Labute approximate surface area is 176 Å². The Balaban J connectivity index is 2.13. The highest BCUT2D eigenvalue weighted by molar-refractivity contribution is 6.30. The van der Waals surface area contributed by atoms with Gasteiger partial charge in [0.25, 0.3) is 5.91 Å². The van der Waals surface area contributed by atoms with Gasteiger partial charge in [0.2, 0.25) is 5.91 Å². The van der Waals surface area contributed by atoms with Crippen LogP contribution in [0.2, 0.25) is 5.02 Å². The lowest BCUT2D eigenvalue weighted by molar-refractivity contribution is -0.142. The lowest BCUT2D eigenvalue weighted by Crippen LogP contribution is -2.50. The number of benzene rings is 2. The van der Waals surface area contributed by atoms with Crippen LogP contribution in [-0.2, 0) is 16.1 Å². The maximum absolute atomic E-state index is 12.9. The van der Waals surface area contributed by atoms with Crippen LogP contribution in [-0.4, -0.2) is 42.5 Å². The number of hydrogen-bond donors (Lipinski definition) is 1. The molecular formula is C22H27ClN2O4. The summed E-state index contributed by atoms with van der Waals surface area (Å²) in [6, 6.07) is 13.5. The van der Waals surface area contributed by atoms with Crippen molar-refractivity contribution in [3.05, 3.63) is 59.1 Å². The SMILES string of the molecule is COc1ccc(CN(C(=O)COc2ccc(Cl)cc2)[C@H](C)C(=O)NC(C)C)cc1. The Morgan fingerprint density at radius 2 is 1.59 bits per heavy atom. The molecule has 6 nitrogen and oxygen atoms in total. The molecule has 0 fully saturated rings. The molecule has 0 aliphatic rings. The Morgan fingerprint density at radius 1 is 1.00 bits per heavy atom. The van der Waals surface area contributed by atoms with Crippen LogP contribution in [0.3, 0.4) is 0 Å². The van der Waals surface area contributed by atoms with Gasteiger partial charge in [-0.3, -0.25) is 9.59 Å². The second-order valence-electron chi connectivity index (χ2n) is 6.95. The number of nitrogens with zero attached hydrogens (tertiary/aromatic N) is 1. The number of amides is 2. The zero-order chi connectivity index (χ0) is 21.4. The normalized spacial score (nSPS) is 11.7. The van der Waals surface area contributed by atoms with E-state index < -0.39 is 6.04 Å². The predicted molar refractivity (Wildman–Crippen MR) is 113 cm³/mol. The quantitative estimate of drug-likeness (QED) is 0.674. The highest BCUT2D eigenvalue weighted by Crippen LogP contribution is 2.17. The molecule has 0 saturated heterocycles. The van der Waals surface area contributed by atoms with E-state index in [4.69, 9.17) is 21.1 Å². The Morgan fingerprint density at radius 3 is 2.14 bits per heavy atom. The molecule has 0 bridgehead atoms. The lowest BCUT2D eigenvalue weighted by Gasteiger charge is -2.29. The van der Waals surface area contributed by atoms with Crippen LogP contribution in [0.1, 0.15) is 26.3 Å². The minimum Gasteiger partial charge on any atom is -0.497 e. The van der Waals surface area contributed by atoms with E-state index in [-0.39, 0.29) is 31.0 Å². The standard InChI is InChI=1S/C22H27ClN2O4/c1-15(2)24-22(27)16(3)25(13-17-5-9-19(28-4)10-6-17)21(26)14-29-20-11-7-18(23)8-12-20/h5-12,15-16H,13-14H2,1-4H3,(H,24,27)/t16-/m1/s1. The van der Waals surface area contributed by atoms with Crippen molar-refractivity contribution < 1.29 is 19.1 Å². The summed E-state index contributed by atoms with van der Waals surface area (Å²) in [7, 11) is 1.59. The summed E-state index contributed by atoms with van der Waals surface area (Å²) in [4.78, 5) is 26.9. The lowest BCUT2D eigenvalue weighted by atomic mass is 10.1. The third-order valence-corrected chi connectivity index (χ3v) is 4.54. The van der Waals surface area contributed by atoms with Crippen molar-refractivity contribution >= 4 is 23.4 Å². The second-order valence-corrected chi connectivity index (χ2v) is 7.39. The van der Waals surface area contributed by atoms with Gasteiger partial charge in [-0.25, -0.2) is 0 Å². The summed E-state index contributed by atoms with van der Waals surface area (Å²) in [5, 5.41) is 3.44. The summed E-state index contributed by atoms with van der Waals surface area (Å²) in [5.41, 5.74) is 0.884. The molecule has 0 saturated carbocycles. The molecule has 2 aromatic carbocycles. The first-order chi connectivity index (χ1) is 13.8. The number of carbonyl (C=O) groups is 2. The van der Waals surface area contributed by atoms with Gasteiger partial charge in [-0.1, -0.05) is 23.7 Å². The largest absolute Gasteiger partial charge is 0.497 e. The van der Waals surface area contributed by atoms with E-state index in [1.165, 1.54) is 4.90 Å². The van der Waals surface area contributed by atoms with E-state index in [1.807, 2.05) is 38.1 Å². The molecule has 1 atom stereocenters. The molecule has 0 spiro atoms. The van der Waals surface area contributed by atoms with Crippen molar-refractivity contribution in [2.75, 3.05) is 13.7 Å². The molecule has 0 unspecified atom stereocenters. The molecule has 0 aliphatic carbocycles. The minimum atomic E-state index is -0.652. The van der Waals surface area contributed by atoms with Crippen LogP contribution in [0.4, 0.5) is 0 Å². The van der Waals surface area contributed by atoms with Crippen molar-refractivity contribution in [3.8, 4) is 11.5 Å². The molecule has 29 heavy (non-hydrogen) atoms. The summed E-state index contributed by atoms with van der Waals surface area (Å²) in [5.74, 6) is 0.755. The Bertz CT molecular complexity index is 807.